The number of hydrogen-bond donors (Lipinski definition) is 1. The van der Waals surface area contributed by atoms with E-state index in [0.29, 0.717) is 5.65 Å². The molecule has 0 atom stereocenters. The van der Waals surface area contributed by atoms with Gasteiger partial charge in [0.25, 0.3) is 0 Å². The smallest absolute Gasteiger partial charge is 0.356 e. The van der Waals surface area contributed by atoms with Crippen LogP contribution in [0.25, 0.3) is 5.65 Å². The molecule has 5 nitrogen and oxygen atoms in total. The minimum atomic E-state index is -0.997. The number of fused-ring (bicyclic) bond motifs is 1. The zero-order valence-electron chi connectivity index (χ0n) is 11.3. The van der Waals surface area contributed by atoms with Crippen LogP contribution >= 0.6 is 0 Å². The SMILES string of the molecule is CCCCN(CC)c1ccc2nc(C(=O)O)cn2c1. The van der Waals surface area contributed by atoms with Crippen molar-refractivity contribution >= 4 is 17.3 Å². The summed E-state index contributed by atoms with van der Waals surface area (Å²) >= 11 is 0. The molecule has 0 aliphatic heterocycles. The zero-order chi connectivity index (χ0) is 13.8. The lowest BCUT2D eigenvalue weighted by Crippen LogP contribution is -2.23. The summed E-state index contributed by atoms with van der Waals surface area (Å²) in [5.41, 5.74) is 1.83. The third kappa shape index (κ3) is 2.86. The lowest BCUT2D eigenvalue weighted by molar-refractivity contribution is 0.0691. The van der Waals surface area contributed by atoms with Gasteiger partial charge in [0.2, 0.25) is 0 Å². The highest BCUT2D eigenvalue weighted by Gasteiger charge is 2.10. The van der Waals surface area contributed by atoms with Crippen molar-refractivity contribution in [3.8, 4) is 0 Å². The molecule has 5 heteroatoms. The molecule has 0 amide bonds. The predicted octanol–water partition coefficient (Wildman–Crippen LogP) is 2.66. The molecule has 2 aromatic rings. The van der Waals surface area contributed by atoms with Gasteiger partial charge in [-0.15, -0.1) is 0 Å². The molecule has 1 N–H and O–H groups in total. The van der Waals surface area contributed by atoms with Crippen LogP contribution in [0.1, 0.15) is 37.2 Å². The first-order valence-electron chi connectivity index (χ1n) is 6.62. The Balaban J connectivity index is 2.31. The molecule has 0 radical (unpaired) electrons. The Morgan fingerprint density at radius 3 is 2.79 bits per heavy atom. The standard InChI is InChI=1S/C14H19N3O2/c1-3-5-8-16(4-2)11-6-7-13-15-12(14(18)19)10-17(13)9-11/h6-7,9-10H,3-5,8H2,1-2H3,(H,18,19). The Morgan fingerprint density at radius 1 is 1.37 bits per heavy atom. The first-order valence-corrected chi connectivity index (χ1v) is 6.62. The maximum Gasteiger partial charge on any atom is 0.356 e. The van der Waals surface area contributed by atoms with Crippen LogP contribution < -0.4 is 4.90 Å². The number of pyridine rings is 1. The van der Waals surface area contributed by atoms with E-state index in [-0.39, 0.29) is 5.69 Å². The van der Waals surface area contributed by atoms with E-state index >= 15 is 0 Å². The quantitative estimate of drug-likeness (QED) is 0.868. The van der Waals surface area contributed by atoms with Gasteiger partial charge in [-0.2, -0.15) is 0 Å². The molecule has 2 heterocycles. The number of carbonyl (C=O) groups is 1. The summed E-state index contributed by atoms with van der Waals surface area (Å²) in [7, 11) is 0. The van der Waals surface area contributed by atoms with Gasteiger partial charge in [-0.05, 0) is 25.5 Å². The number of rotatable bonds is 6. The number of unbranched alkanes of at least 4 members (excludes halogenated alkanes) is 1. The molecule has 0 fully saturated rings. The van der Waals surface area contributed by atoms with Gasteiger partial charge in [0.1, 0.15) is 5.65 Å². The maximum atomic E-state index is 10.9. The number of hydrogen-bond acceptors (Lipinski definition) is 3. The third-order valence-corrected chi connectivity index (χ3v) is 3.18. The predicted molar refractivity (Wildman–Crippen MR) is 74.9 cm³/mol. The molecule has 2 aromatic heterocycles. The van der Waals surface area contributed by atoms with Gasteiger partial charge < -0.3 is 14.4 Å². The molecule has 0 unspecified atom stereocenters. The van der Waals surface area contributed by atoms with Gasteiger partial charge >= 0.3 is 5.97 Å². The molecular weight excluding hydrogens is 242 g/mol. The third-order valence-electron chi connectivity index (χ3n) is 3.18. The second-order valence-corrected chi connectivity index (χ2v) is 4.52. The minimum Gasteiger partial charge on any atom is -0.476 e. The molecular formula is C14H19N3O2. The Hall–Kier alpha value is -2.04. The van der Waals surface area contributed by atoms with Crippen molar-refractivity contribution in [1.82, 2.24) is 9.38 Å². The monoisotopic (exact) mass is 261 g/mol. The average molecular weight is 261 g/mol. The molecule has 0 spiro atoms. The van der Waals surface area contributed by atoms with E-state index in [2.05, 4.69) is 23.7 Å². The van der Waals surface area contributed by atoms with Gasteiger partial charge in [-0.25, -0.2) is 9.78 Å². The van der Waals surface area contributed by atoms with Crippen LogP contribution in [0.3, 0.4) is 0 Å². The van der Waals surface area contributed by atoms with E-state index in [1.54, 1.807) is 10.6 Å². The van der Waals surface area contributed by atoms with Crippen molar-refractivity contribution in [2.75, 3.05) is 18.0 Å². The van der Waals surface area contributed by atoms with E-state index in [0.717, 1.165) is 31.6 Å². The number of imidazole rings is 1. The van der Waals surface area contributed by atoms with Crippen LogP contribution in [-0.2, 0) is 0 Å². The number of carboxylic acid groups (broad SMARTS) is 1. The van der Waals surface area contributed by atoms with Crippen LogP contribution in [0.4, 0.5) is 5.69 Å². The van der Waals surface area contributed by atoms with Crippen molar-refractivity contribution in [2.24, 2.45) is 0 Å². The van der Waals surface area contributed by atoms with Crippen molar-refractivity contribution in [2.45, 2.75) is 26.7 Å². The van der Waals surface area contributed by atoms with Crippen molar-refractivity contribution in [3.05, 3.63) is 30.2 Å². The Bertz CT molecular complexity index is 577. The molecule has 0 aliphatic rings. The van der Waals surface area contributed by atoms with E-state index in [1.165, 1.54) is 0 Å². The summed E-state index contributed by atoms with van der Waals surface area (Å²) in [4.78, 5) is 17.2. The molecule has 19 heavy (non-hydrogen) atoms. The number of aromatic carboxylic acids is 1. The van der Waals surface area contributed by atoms with Gasteiger partial charge in [0.15, 0.2) is 5.69 Å². The Labute approximate surface area is 112 Å². The van der Waals surface area contributed by atoms with Gasteiger partial charge in [-0.1, -0.05) is 13.3 Å². The largest absolute Gasteiger partial charge is 0.476 e. The normalized spacial score (nSPS) is 10.8. The van der Waals surface area contributed by atoms with Crippen molar-refractivity contribution < 1.29 is 9.90 Å². The molecule has 102 valence electrons. The molecule has 0 aliphatic carbocycles. The minimum absolute atomic E-state index is 0.0776. The van der Waals surface area contributed by atoms with E-state index in [1.807, 2.05) is 18.3 Å². The van der Waals surface area contributed by atoms with Crippen LogP contribution in [0.5, 0.6) is 0 Å². The van der Waals surface area contributed by atoms with Gasteiger partial charge in [0.05, 0.1) is 5.69 Å². The Kier molecular flexibility index (Phi) is 4.04. The fourth-order valence-corrected chi connectivity index (χ4v) is 2.09. The molecule has 0 aromatic carbocycles. The van der Waals surface area contributed by atoms with E-state index < -0.39 is 5.97 Å². The maximum absolute atomic E-state index is 10.9. The van der Waals surface area contributed by atoms with E-state index in [4.69, 9.17) is 5.11 Å². The van der Waals surface area contributed by atoms with Crippen LogP contribution in [0.15, 0.2) is 24.5 Å². The van der Waals surface area contributed by atoms with Gasteiger partial charge in [-0.3, -0.25) is 0 Å². The summed E-state index contributed by atoms with van der Waals surface area (Å²) in [6, 6.07) is 3.85. The second-order valence-electron chi connectivity index (χ2n) is 4.52. The summed E-state index contributed by atoms with van der Waals surface area (Å²) < 4.78 is 1.77. The lowest BCUT2D eigenvalue weighted by Gasteiger charge is -2.22. The molecule has 0 saturated carbocycles. The fourth-order valence-electron chi connectivity index (χ4n) is 2.09. The highest BCUT2D eigenvalue weighted by Crippen LogP contribution is 2.17. The first-order chi connectivity index (χ1) is 9.15. The van der Waals surface area contributed by atoms with E-state index in [9.17, 15) is 4.79 Å². The van der Waals surface area contributed by atoms with Gasteiger partial charge in [0, 0.05) is 25.5 Å². The Morgan fingerprint density at radius 2 is 2.16 bits per heavy atom. The summed E-state index contributed by atoms with van der Waals surface area (Å²) in [5.74, 6) is -0.997. The summed E-state index contributed by atoms with van der Waals surface area (Å²) in [6.07, 6.45) is 5.80. The zero-order valence-corrected chi connectivity index (χ0v) is 11.3. The highest BCUT2D eigenvalue weighted by atomic mass is 16.4. The number of carboxylic acids is 1. The fraction of sp³-hybridized carbons (Fsp3) is 0.429. The summed E-state index contributed by atoms with van der Waals surface area (Å²) in [6.45, 7) is 6.24. The second kappa shape index (κ2) is 5.73. The average Bonchev–Trinajstić information content (AvgIpc) is 2.83. The molecule has 0 bridgehead atoms. The van der Waals surface area contributed by atoms with Crippen molar-refractivity contribution in [3.63, 3.8) is 0 Å². The van der Waals surface area contributed by atoms with Crippen molar-refractivity contribution in [1.29, 1.82) is 0 Å². The number of nitrogens with zero attached hydrogens (tertiary/aromatic N) is 3. The van der Waals surface area contributed by atoms with Crippen LogP contribution in [0, 0.1) is 0 Å². The summed E-state index contributed by atoms with van der Waals surface area (Å²) in [5, 5.41) is 8.94. The number of aromatic nitrogens is 2. The number of anilines is 1. The van der Waals surface area contributed by atoms with Crippen LogP contribution in [0.2, 0.25) is 0 Å². The topological polar surface area (TPSA) is 57.8 Å². The van der Waals surface area contributed by atoms with Crippen LogP contribution in [-0.4, -0.2) is 33.6 Å². The lowest BCUT2D eigenvalue weighted by atomic mass is 10.3. The first kappa shape index (κ1) is 13.4. The highest BCUT2D eigenvalue weighted by molar-refractivity contribution is 5.86. The molecule has 0 saturated heterocycles. The molecule has 2 rings (SSSR count).